The second-order valence-corrected chi connectivity index (χ2v) is 8.72. The van der Waals surface area contributed by atoms with Crippen LogP contribution >= 0.6 is 20.7 Å². The smallest absolute Gasteiger partial charge is 0.0187 e. The lowest BCUT2D eigenvalue weighted by atomic mass is 9.90. The van der Waals surface area contributed by atoms with E-state index in [-0.39, 0.29) is 20.7 Å². The lowest BCUT2D eigenvalue weighted by Gasteiger charge is -2.18. The number of halogens is 1. The van der Waals surface area contributed by atoms with Crippen molar-refractivity contribution in [3.8, 4) is 0 Å². The second-order valence-electron chi connectivity index (χ2n) is 5.52. The second kappa shape index (κ2) is 9.49. The van der Waals surface area contributed by atoms with Crippen molar-refractivity contribution in [1.29, 1.82) is 0 Å². The van der Waals surface area contributed by atoms with Gasteiger partial charge in [0.2, 0.25) is 0 Å². The molecule has 1 heterocycles. The molecule has 116 valence electrons. The Bertz CT molecular complexity index is 466. The predicted octanol–water partition coefficient (Wildman–Crippen LogP) is 3.62. The van der Waals surface area contributed by atoms with Crippen molar-refractivity contribution in [2.75, 3.05) is 19.6 Å². The van der Waals surface area contributed by atoms with Gasteiger partial charge in [-0.25, -0.2) is 0 Å². The van der Waals surface area contributed by atoms with Crippen LogP contribution in [0, 0.1) is 0 Å². The molecule has 1 fully saturated rings. The van der Waals surface area contributed by atoms with Crippen molar-refractivity contribution in [2.45, 2.75) is 36.0 Å². The molecule has 3 heteroatoms. The zero-order valence-electron chi connectivity index (χ0n) is 12.8. The summed E-state index contributed by atoms with van der Waals surface area (Å²) in [6, 6.07) is 0. The molecule has 3 N–H and O–H groups in total. The third kappa shape index (κ3) is 5.31. The fourth-order valence-electron chi connectivity index (χ4n) is 2.84. The zero-order chi connectivity index (χ0) is 14.9. The van der Waals surface area contributed by atoms with E-state index in [1.807, 2.05) is 6.08 Å². The SMILES string of the molecule is C=C/C(=C\C=I[C@@H]1CCCNC1)C1=C(CCN)CCC=C1. The van der Waals surface area contributed by atoms with Crippen LogP contribution in [0.3, 0.4) is 0 Å². The number of nitrogens with one attached hydrogen (secondary N) is 1. The van der Waals surface area contributed by atoms with Crippen LogP contribution in [0.1, 0.15) is 32.1 Å². The monoisotopic (exact) mass is 398 g/mol. The van der Waals surface area contributed by atoms with Crippen molar-refractivity contribution in [3.63, 3.8) is 0 Å². The molecule has 0 spiro atoms. The van der Waals surface area contributed by atoms with Crippen LogP contribution in [0.4, 0.5) is 0 Å². The fraction of sp³-hybridized carbons (Fsp3) is 0.500. The number of hydrogen-bond acceptors (Lipinski definition) is 2. The van der Waals surface area contributed by atoms with E-state index in [2.05, 4.69) is 34.1 Å². The standard InChI is InChI=1S/C18H27IN2/c1-2-15(9-11-19-17-7-5-13-21-14-17)18-8-4-3-6-16(18)10-12-20/h2,4,8-9,11,17,21H,1,3,5-7,10,12-14,20H2/b15-9+/t17-/m1/s1. The molecule has 1 atom stereocenters. The molecule has 0 bridgehead atoms. The Hall–Kier alpha value is -0.520. The molecule has 0 aromatic rings. The normalized spacial score (nSPS) is 24.2. The lowest BCUT2D eigenvalue weighted by Crippen LogP contribution is -2.30. The Morgan fingerprint density at radius 2 is 2.43 bits per heavy atom. The van der Waals surface area contributed by atoms with Crippen molar-refractivity contribution in [3.05, 3.63) is 47.6 Å². The van der Waals surface area contributed by atoms with Gasteiger partial charge in [0.05, 0.1) is 0 Å². The third-order valence-corrected chi connectivity index (χ3v) is 6.84. The quantitative estimate of drug-likeness (QED) is 0.408. The lowest BCUT2D eigenvalue weighted by molar-refractivity contribution is 0.543. The van der Waals surface area contributed by atoms with E-state index < -0.39 is 0 Å². The number of allylic oxidation sites excluding steroid dienone is 6. The van der Waals surface area contributed by atoms with Crippen molar-refractivity contribution < 1.29 is 0 Å². The Morgan fingerprint density at radius 3 is 3.14 bits per heavy atom. The summed E-state index contributed by atoms with van der Waals surface area (Å²) in [5.41, 5.74) is 9.89. The van der Waals surface area contributed by atoms with Crippen molar-refractivity contribution in [2.24, 2.45) is 5.73 Å². The Kier molecular flexibility index (Phi) is 7.61. The third-order valence-electron chi connectivity index (χ3n) is 3.99. The van der Waals surface area contributed by atoms with Gasteiger partial charge in [-0.3, -0.25) is 0 Å². The van der Waals surface area contributed by atoms with Crippen LogP contribution < -0.4 is 11.1 Å². The molecule has 2 rings (SSSR count). The summed E-state index contributed by atoms with van der Waals surface area (Å²) in [7, 11) is 0. The predicted molar refractivity (Wildman–Crippen MR) is 103 cm³/mol. The largest absolute Gasteiger partial charge is 0.330 e. The molecule has 1 saturated heterocycles. The van der Waals surface area contributed by atoms with Gasteiger partial charge in [0.15, 0.2) is 0 Å². The van der Waals surface area contributed by atoms with Crippen LogP contribution in [-0.2, 0) is 0 Å². The zero-order valence-corrected chi connectivity index (χ0v) is 14.9. The van der Waals surface area contributed by atoms with E-state index in [4.69, 9.17) is 5.73 Å². The first-order valence-electron chi connectivity index (χ1n) is 7.92. The maximum atomic E-state index is 5.75. The van der Waals surface area contributed by atoms with Gasteiger partial charge < -0.3 is 11.1 Å². The van der Waals surface area contributed by atoms with E-state index >= 15 is 0 Å². The molecule has 2 aliphatic rings. The summed E-state index contributed by atoms with van der Waals surface area (Å²) in [5.74, 6) is 0. The number of hydrogen-bond donors (Lipinski definition) is 2. The summed E-state index contributed by atoms with van der Waals surface area (Å²) < 4.78 is 3.34. The molecule has 1 aliphatic carbocycles. The molecule has 0 aromatic carbocycles. The molecule has 1 aliphatic heterocycles. The van der Waals surface area contributed by atoms with Gasteiger partial charge >= 0.3 is 0 Å². The van der Waals surface area contributed by atoms with Crippen LogP contribution in [0.15, 0.2) is 47.6 Å². The van der Waals surface area contributed by atoms with E-state index in [0.717, 1.165) is 29.7 Å². The molecular formula is C18H27IN2. The molecule has 2 nitrogen and oxygen atoms in total. The summed E-state index contributed by atoms with van der Waals surface area (Å²) in [5, 5.41) is 3.51. The maximum absolute atomic E-state index is 5.75. The molecule has 0 amide bonds. The molecule has 0 saturated carbocycles. The number of alkyl halides is 1. The Morgan fingerprint density at radius 1 is 1.52 bits per heavy atom. The highest BCUT2D eigenvalue weighted by Crippen LogP contribution is 2.27. The van der Waals surface area contributed by atoms with Crippen molar-refractivity contribution in [1.82, 2.24) is 5.32 Å². The minimum atomic E-state index is 0.136. The fourth-order valence-corrected chi connectivity index (χ4v) is 5.39. The van der Waals surface area contributed by atoms with Crippen LogP contribution in [0.2, 0.25) is 0 Å². The molecule has 0 aromatic heterocycles. The summed E-state index contributed by atoms with van der Waals surface area (Å²) in [6.45, 7) is 7.16. The first-order valence-corrected chi connectivity index (χ1v) is 10.4. The van der Waals surface area contributed by atoms with Gasteiger partial charge in [0, 0.05) is 10.5 Å². The molecule has 0 unspecified atom stereocenters. The van der Waals surface area contributed by atoms with Crippen LogP contribution in [0.5, 0.6) is 0 Å². The highest BCUT2D eigenvalue weighted by Gasteiger charge is 2.11. The number of piperidine rings is 1. The maximum Gasteiger partial charge on any atom is 0.0187 e. The van der Waals surface area contributed by atoms with Gasteiger partial charge in [0.1, 0.15) is 0 Å². The molecular weight excluding hydrogens is 371 g/mol. The van der Waals surface area contributed by atoms with E-state index in [1.54, 1.807) is 0 Å². The number of rotatable bonds is 6. The topological polar surface area (TPSA) is 38.0 Å². The average Bonchev–Trinajstić information content (AvgIpc) is 2.54. The van der Waals surface area contributed by atoms with Crippen LogP contribution in [0.25, 0.3) is 0 Å². The van der Waals surface area contributed by atoms with Crippen molar-refractivity contribution >= 4 is 24.7 Å². The summed E-state index contributed by atoms with van der Waals surface area (Å²) in [6.07, 6.45) is 14.9. The van der Waals surface area contributed by atoms with Gasteiger partial charge in [0.25, 0.3) is 0 Å². The Labute approximate surface area is 139 Å². The highest BCUT2D eigenvalue weighted by atomic mass is 127. The van der Waals surface area contributed by atoms with E-state index in [9.17, 15) is 0 Å². The average molecular weight is 398 g/mol. The Balaban J connectivity index is 2.09. The van der Waals surface area contributed by atoms with Gasteiger partial charge in [-0.1, -0.05) is 30.4 Å². The molecule has 0 radical (unpaired) electrons. The van der Waals surface area contributed by atoms with Gasteiger partial charge in [-0.2, -0.15) is 0 Å². The number of nitrogens with two attached hydrogens (primary N) is 1. The first kappa shape index (κ1) is 16.8. The van der Waals surface area contributed by atoms with E-state index in [0.29, 0.717) is 0 Å². The first-order chi connectivity index (χ1) is 10.3. The van der Waals surface area contributed by atoms with Crippen LogP contribution in [-0.4, -0.2) is 27.6 Å². The van der Waals surface area contributed by atoms with Gasteiger partial charge in [-0.05, 0) is 66.4 Å². The summed E-state index contributed by atoms with van der Waals surface area (Å²) in [4.78, 5) is 0. The summed E-state index contributed by atoms with van der Waals surface area (Å²) >= 11 is 0.136. The minimum absolute atomic E-state index is 0.136. The van der Waals surface area contributed by atoms with Gasteiger partial charge in [-0.15, -0.1) is 20.7 Å². The van der Waals surface area contributed by atoms with E-state index in [1.165, 1.54) is 42.7 Å². The highest BCUT2D eigenvalue weighted by molar-refractivity contribution is 14.2. The molecule has 21 heavy (non-hydrogen) atoms. The minimum Gasteiger partial charge on any atom is -0.330 e.